The third-order valence-electron chi connectivity index (χ3n) is 5.82. The Labute approximate surface area is 185 Å². The Morgan fingerprint density at radius 2 is 1.75 bits per heavy atom. The second-order valence-corrected chi connectivity index (χ2v) is 8.07. The van der Waals surface area contributed by atoms with Crippen molar-refractivity contribution >= 4 is 17.4 Å². The van der Waals surface area contributed by atoms with Crippen LogP contribution < -0.4 is 10.2 Å². The molecule has 2 aromatic rings. The van der Waals surface area contributed by atoms with Gasteiger partial charge in [0, 0.05) is 57.2 Å². The van der Waals surface area contributed by atoms with Crippen molar-refractivity contribution in [1.29, 1.82) is 0 Å². The van der Waals surface area contributed by atoms with Crippen LogP contribution in [0.25, 0.3) is 0 Å². The first-order valence-corrected chi connectivity index (χ1v) is 10.8. The maximum Gasteiger partial charge on any atom is 0.416 e. The topological polar surface area (TPSA) is 48.1 Å². The fraction of sp³-hybridized carbons (Fsp3) is 0.435. The molecule has 2 aliphatic heterocycles. The lowest BCUT2D eigenvalue weighted by molar-refractivity contribution is -0.137. The second kappa shape index (κ2) is 9.79. The minimum absolute atomic E-state index is 0.0922. The van der Waals surface area contributed by atoms with Crippen LogP contribution in [0.1, 0.15) is 5.56 Å². The number of piperazine rings is 1. The lowest BCUT2D eigenvalue weighted by Gasteiger charge is -2.40. The highest BCUT2D eigenvalue weighted by atomic mass is 19.4. The van der Waals surface area contributed by atoms with E-state index in [2.05, 4.69) is 10.2 Å². The molecule has 2 heterocycles. The smallest absolute Gasteiger partial charge is 0.373 e. The number of halogens is 3. The molecular weight excluding hydrogens is 421 g/mol. The zero-order valence-electron chi connectivity index (χ0n) is 17.7. The average molecular weight is 448 g/mol. The largest absolute Gasteiger partial charge is 0.416 e. The molecule has 4 rings (SSSR count). The Morgan fingerprint density at radius 3 is 2.47 bits per heavy atom. The van der Waals surface area contributed by atoms with Crippen LogP contribution in [0.4, 0.5) is 29.3 Å². The first-order chi connectivity index (χ1) is 15.4. The summed E-state index contributed by atoms with van der Waals surface area (Å²) in [4.78, 5) is 18.5. The summed E-state index contributed by atoms with van der Waals surface area (Å²) >= 11 is 0. The first-order valence-electron chi connectivity index (χ1n) is 10.8. The second-order valence-electron chi connectivity index (χ2n) is 8.07. The molecule has 2 saturated heterocycles. The minimum Gasteiger partial charge on any atom is -0.373 e. The minimum atomic E-state index is -4.34. The Morgan fingerprint density at radius 1 is 1.00 bits per heavy atom. The molecule has 2 aliphatic rings. The maximum atomic E-state index is 13.0. The number of morpholine rings is 1. The maximum absolute atomic E-state index is 13.0. The third kappa shape index (κ3) is 5.72. The van der Waals surface area contributed by atoms with E-state index < -0.39 is 11.7 Å². The number of hydrogen-bond donors (Lipinski definition) is 1. The summed E-state index contributed by atoms with van der Waals surface area (Å²) in [6.07, 6.45) is -4.43. The van der Waals surface area contributed by atoms with Crippen LogP contribution >= 0.6 is 0 Å². The molecule has 9 heteroatoms. The van der Waals surface area contributed by atoms with E-state index >= 15 is 0 Å². The van der Waals surface area contributed by atoms with Gasteiger partial charge in [-0.1, -0.05) is 24.3 Å². The van der Waals surface area contributed by atoms with E-state index in [9.17, 15) is 18.0 Å². The summed E-state index contributed by atoms with van der Waals surface area (Å²) < 4.78 is 44.9. The molecule has 6 nitrogen and oxygen atoms in total. The highest BCUT2D eigenvalue weighted by molar-refractivity contribution is 5.89. The number of carbonyl (C=O) groups excluding carboxylic acids is 1. The van der Waals surface area contributed by atoms with E-state index in [1.165, 1.54) is 12.1 Å². The Balaban J connectivity index is 1.26. The number of urea groups is 1. The van der Waals surface area contributed by atoms with Gasteiger partial charge in [-0.2, -0.15) is 13.2 Å². The predicted molar refractivity (Wildman–Crippen MR) is 117 cm³/mol. The molecule has 1 N–H and O–H groups in total. The van der Waals surface area contributed by atoms with Crippen LogP contribution in [0.2, 0.25) is 0 Å². The number of nitrogens with one attached hydrogen (secondary N) is 1. The van der Waals surface area contributed by atoms with Crippen molar-refractivity contribution < 1.29 is 22.7 Å². The molecular formula is C23H27F3N4O2. The van der Waals surface area contributed by atoms with E-state index in [-0.39, 0.29) is 12.1 Å². The average Bonchev–Trinajstić information content (AvgIpc) is 2.80. The van der Waals surface area contributed by atoms with Crippen molar-refractivity contribution in [2.24, 2.45) is 0 Å². The van der Waals surface area contributed by atoms with Crippen molar-refractivity contribution in [1.82, 2.24) is 9.80 Å². The number of alkyl halides is 3. The molecule has 0 radical (unpaired) electrons. The van der Waals surface area contributed by atoms with Crippen LogP contribution in [0.5, 0.6) is 0 Å². The van der Waals surface area contributed by atoms with E-state index in [1.54, 1.807) is 11.0 Å². The third-order valence-corrected chi connectivity index (χ3v) is 5.82. The van der Waals surface area contributed by atoms with Gasteiger partial charge in [0.15, 0.2) is 0 Å². The van der Waals surface area contributed by atoms with Crippen molar-refractivity contribution in [3.8, 4) is 0 Å². The summed E-state index contributed by atoms with van der Waals surface area (Å²) in [7, 11) is 0. The van der Waals surface area contributed by atoms with Crippen LogP contribution in [-0.2, 0) is 10.9 Å². The lowest BCUT2D eigenvalue weighted by atomic mass is 10.1. The van der Waals surface area contributed by atoms with Gasteiger partial charge in [-0.3, -0.25) is 4.90 Å². The summed E-state index contributed by atoms with van der Waals surface area (Å²) in [5, 5.41) is 2.91. The SMILES string of the molecule is O=C(Nc1ccccc1)N1CCO[C@H](CN2CCN(c3cccc(C(F)(F)F)c3)CC2)C1. The van der Waals surface area contributed by atoms with Crippen LogP contribution in [-0.4, -0.2) is 74.4 Å². The highest BCUT2D eigenvalue weighted by Gasteiger charge is 2.31. The molecule has 0 saturated carbocycles. The summed E-state index contributed by atoms with van der Waals surface area (Å²) in [6, 6.07) is 14.7. The lowest BCUT2D eigenvalue weighted by Crippen LogP contribution is -2.54. The standard InChI is InChI=1S/C23H27F3N4O2/c24-23(25,26)18-5-4-8-20(15-18)29-11-9-28(10-12-29)16-21-17-30(13-14-32-21)22(31)27-19-6-2-1-3-7-19/h1-8,15,21H,9-14,16-17H2,(H,27,31)/t21-/m1/s1. The quantitative estimate of drug-likeness (QED) is 0.774. The monoisotopic (exact) mass is 448 g/mol. The molecule has 32 heavy (non-hydrogen) atoms. The van der Waals surface area contributed by atoms with Gasteiger partial charge in [0.05, 0.1) is 18.3 Å². The first kappa shape index (κ1) is 22.4. The summed E-state index contributed by atoms with van der Waals surface area (Å²) in [6.45, 7) is 4.96. The van der Waals surface area contributed by atoms with Crippen molar-refractivity contribution in [3.05, 3.63) is 60.2 Å². The van der Waals surface area contributed by atoms with Gasteiger partial charge in [-0.25, -0.2) is 4.79 Å². The molecule has 0 unspecified atom stereocenters. The fourth-order valence-electron chi connectivity index (χ4n) is 4.09. The molecule has 0 aromatic heterocycles. The predicted octanol–water partition coefficient (Wildman–Crippen LogP) is 3.76. The van der Waals surface area contributed by atoms with Gasteiger partial charge in [0.2, 0.25) is 0 Å². The Bertz CT molecular complexity index is 902. The fourth-order valence-corrected chi connectivity index (χ4v) is 4.09. The molecule has 172 valence electrons. The number of nitrogens with zero attached hydrogens (tertiary/aromatic N) is 3. The Kier molecular flexibility index (Phi) is 6.86. The van der Waals surface area contributed by atoms with Gasteiger partial charge in [0.25, 0.3) is 0 Å². The molecule has 1 atom stereocenters. The van der Waals surface area contributed by atoms with Crippen LogP contribution in [0.3, 0.4) is 0 Å². The normalized spacial score (nSPS) is 20.3. The number of carbonyl (C=O) groups is 1. The molecule has 0 spiro atoms. The summed E-state index contributed by atoms with van der Waals surface area (Å²) in [5.74, 6) is 0. The number of para-hydroxylation sites is 1. The highest BCUT2D eigenvalue weighted by Crippen LogP contribution is 2.31. The number of hydrogen-bond acceptors (Lipinski definition) is 4. The molecule has 2 aromatic carbocycles. The molecule has 2 fully saturated rings. The summed E-state index contributed by atoms with van der Waals surface area (Å²) in [5.41, 5.74) is 0.727. The van der Waals surface area contributed by atoms with Gasteiger partial charge in [0.1, 0.15) is 0 Å². The van der Waals surface area contributed by atoms with Gasteiger partial charge in [-0.05, 0) is 30.3 Å². The van der Waals surface area contributed by atoms with Crippen molar-refractivity contribution in [3.63, 3.8) is 0 Å². The zero-order valence-corrected chi connectivity index (χ0v) is 17.7. The van der Waals surface area contributed by atoms with Crippen LogP contribution in [0.15, 0.2) is 54.6 Å². The van der Waals surface area contributed by atoms with Gasteiger partial charge < -0.3 is 19.9 Å². The van der Waals surface area contributed by atoms with Gasteiger partial charge >= 0.3 is 12.2 Å². The van der Waals surface area contributed by atoms with Crippen LogP contribution in [0, 0.1) is 0 Å². The van der Waals surface area contributed by atoms with E-state index in [1.807, 2.05) is 35.2 Å². The number of rotatable bonds is 4. The number of ether oxygens (including phenoxy) is 1. The van der Waals surface area contributed by atoms with Crippen molar-refractivity contribution in [2.75, 3.05) is 62.6 Å². The molecule has 0 bridgehead atoms. The molecule has 2 amide bonds. The van der Waals surface area contributed by atoms with Crippen molar-refractivity contribution in [2.45, 2.75) is 12.3 Å². The number of anilines is 2. The van der Waals surface area contributed by atoms with E-state index in [0.29, 0.717) is 45.0 Å². The number of amides is 2. The van der Waals surface area contributed by atoms with E-state index in [0.717, 1.165) is 24.8 Å². The van der Waals surface area contributed by atoms with Gasteiger partial charge in [-0.15, -0.1) is 0 Å². The molecule has 0 aliphatic carbocycles. The zero-order chi connectivity index (χ0) is 22.6. The number of benzene rings is 2. The van der Waals surface area contributed by atoms with E-state index in [4.69, 9.17) is 4.74 Å². The Hall–Kier alpha value is -2.78.